The number of piperidine rings is 1. The molecule has 0 saturated carbocycles. The van der Waals surface area contributed by atoms with Gasteiger partial charge in [-0.15, -0.1) is 12.4 Å². The van der Waals surface area contributed by atoms with Gasteiger partial charge in [-0.3, -0.25) is 0 Å². The van der Waals surface area contributed by atoms with E-state index in [1.807, 2.05) is 0 Å². The van der Waals surface area contributed by atoms with Crippen molar-refractivity contribution in [1.82, 2.24) is 4.90 Å². The van der Waals surface area contributed by atoms with Crippen molar-refractivity contribution >= 4 is 12.4 Å². The van der Waals surface area contributed by atoms with Gasteiger partial charge in [0.15, 0.2) is 0 Å². The molecule has 3 heteroatoms. The van der Waals surface area contributed by atoms with E-state index in [4.69, 9.17) is 5.73 Å². The molecule has 0 aromatic carbocycles. The Morgan fingerprint density at radius 1 is 1.50 bits per heavy atom. The standard InChI is InChI=1S/C7H16N2.ClH/c1-7(8)4-3-5-9(2)6-7;/h3-6,8H2,1-2H3;1H. The highest BCUT2D eigenvalue weighted by Gasteiger charge is 2.23. The largest absolute Gasteiger partial charge is 0.324 e. The number of likely N-dealkylation sites (N-methyl/N-ethyl adjacent to an activating group) is 1. The summed E-state index contributed by atoms with van der Waals surface area (Å²) in [5.41, 5.74) is 6.00. The van der Waals surface area contributed by atoms with Crippen LogP contribution in [0.1, 0.15) is 19.8 Å². The molecule has 1 fully saturated rings. The molecule has 10 heavy (non-hydrogen) atoms. The van der Waals surface area contributed by atoms with Crippen molar-refractivity contribution in [3.63, 3.8) is 0 Å². The fraction of sp³-hybridized carbons (Fsp3) is 1.00. The van der Waals surface area contributed by atoms with Crippen molar-refractivity contribution in [2.75, 3.05) is 20.1 Å². The van der Waals surface area contributed by atoms with Gasteiger partial charge in [0.1, 0.15) is 0 Å². The van der Waals surface area contributed by atoms with Crippen LogP contribution in [0.15, 0.2) is 0 Å². The number of nitrogens with zero attached hydrogens (tertiary/aromatic N) is 1. The maximum absolute atomic E-state index is 5.93. The van der Waals surface area contributed by atoms with Gasteiger partial charge in [-0.2, -0.15) is 0 Å². The summed E-state index contributed by atoms with van der Waals surface area (Å²) in [6.45, 7) is 4.39. The molecule has 1 aliphatic heterocycles. The molecule has 1 atom stereocenters. The second-order valence-corrected chi connectivity index (χ2v) is 3.50. The average Bonchev–Trinajstić information content (AvgIpc) is 1.60. The lowest BCUT2D eigenvalue weighted by molar-refractivity contribution is 0.192. The zero-order valence-electron chi connectivity index (χ0n) is 6.76. The first-order valence-corrected chi connectivity index (χ1v) is 3.58. The van der Waals surface area contributed by atoms with Crippen molar-refractivity contribution in [3.05, 3.63) is 0 Å². The molecular formula is C7H17ClN2. The van der Waals surface area contributed by atoms with E-state index in [-0.39, 0.29) is 17.9 Å². The van der Waals surface area contributed by atoms with E-state index in [0.29, 0.717) is 0 Å². The van der Waals surface area contributed by atoms with Gasteiger partial charge in [-0.25, -0.2) is 0 Å². The highest BCUT2D eigenvalue weighted by atomic mass is 35.5. The number of hydrogen-bond donors (Lipinski definition) is 1. The summed E-state index contributed by atoms with van der Waals surface area (Å²) in [7, 11) is 2.13. The number of hydrogen-bond acceptors (Lipinski definition) is 2. The first-order valence-electron chi connectivity index (χ1n) is 3.58. The predicted octanol–water partition coefficient (Wildman–Crippen LogP) is 0.851. The molecular weight excluding hydrogens is 148 g/mol. The van der Waals surface area contributed by atoms with Gasteiger partial charge in [0.2, 0.25) is 0 Å². The molecule has 0 radical (unpaired) electrons. The molecule has 0 aliphatic carbocycles. The fourth-order valence-electron chi connectivity index (χ4n) is 1.53. The minimum absolute atomic E-state index is 0. The Balaban J connectivity index is 0.000000810. The Morgan fingerprint density at radius 3 is 2.40 bits per heavy atom. The van der Waals surface area contributed by atoms with Gasteiger partial charge in [0, 0.05) is 12.1 Å². The molecule has 0 bridgehead atoms. The van der Waals surface area contributed by atoms with Crippen LogP contribution >= 0.6 is 12.4 Å². The van der Waals surface area contributed by atoms with Gasteiger partial charge < -0.3 is 10.6 Å². The Hall–Kier alpha value is 0.210. The lowest BCUT2D eigenvalue weighted by Crippen LogP contribution is -2.50. The van der Waals surface area contributed by atoms with E-state index < -0.39 is 0 Å². The summed E-state index contributed by atoms with van der Waals surface area (Å²) < 4.78 is 0. The molecule has 0 amide bonds. The third-order valence-electron chi connectivity index (χ3n) is 1.92. The Morgan fingerprint density at radius 2 is 2.10 bits per heavy atom. The molecule has 1 aliphatic rings. The molecule has 2 nitrogen and oxygen atoms in total. The van der Waals surface area contributed by atoms with E-state index in [1.165, 1.54) is 19.4 Å². The topological polar surface area (TPSA) is 29.3 Å². The molecule has 1 unspecified atom stereocenters. The lowest BCUT2D eigenvalue weighted by atomic mass is 9.93. The number of nitrogens with two attached hydrogens (primary N) is 1. The molecule has 0 spiro atoms. The van der Waals surface area contributed by atoms with Crippen molar-refractivity contribution in [2.24, 2.45) is 5.73 Å². The van der Waals surface area contributed by atoms with Crippen LogP contribution in [0, 0.1) is 0 Å². The van der Waals surface area contributed by atoms with E-state index in [0.717, 1.165) is 6.54 Å². The molecule has 1 saturated heterocycles. The first kappa shape index (κ1) is 10.2. The summed E-state index contributed by atoms with van der Waals surface area (Å²) >= 11 is 0. The van der Waals surface area contributed by atoms with E-state index in [9.17, 15) is 0 Å². The van der Waals surface area contributed by atoms with Crippen LogP contribution < -0.4 is 5.73 Å². The zero-order valence-corrected chi connectivity index (χ0v) is 7.58. The summed E-state index contributed by atoms with van der Waals surface area (Å²) in [6, 6.07) is 0. The maximum Gasteiger partial charge on any atom is 0.0255 e. The van der Waals surface area contributed by atoms with Crippen molar-refractivity contribution in [2.45, 2.75) is 25.3 Å². The van der Waals surface area contributed by atoms with Crippen LogP contribution in [0.25, 0.3) is 0 Å². The van der Waals surface area contributed by atoms with Gasteiger partial charge in [-0.05, 0) is 33.4 Å². The normalized spacial score (nSPS) is 35.1. The van der Waals surface area contributed by atoms with Gasteiger partial charge in [-0.1, -0.05) is 0 Å². The van der Waals surface area contributed by atoms with E-state index in [1.54, 1.807) is 0 Å². The minimum Gasteiger partial charge on any atom is -0.324 e. The van der Waals surface area contributed by atoms with Gasteiger partial charge >= 0.3 is 0 Å². The zero-order chi connectivity index (χ0) is 6.91. The van der Waals surface area contributed by atoms with Gasteiger partial charge in [0.25, 0.3) is 0 Å². The smallest absolute Gasteiger partial charge is 0.0255 e. The number of likely N-dealkylation sites (tertiary alicyclic amines) is 1. The predicted molar refractivity (Wildman–Crippen MR) is 46.6 cm³/mol. The summed E-state index contributed by atoms with van der Waals surface area (Å²) in [5, 5.41) is 0. The van der Waals surface area contributed by atoms with Crippen LogP contribution in [-0.4, -0.2) is 30.6 Å². The molecule has 2 N–H and O–H groups in total. The number of halogens is 1. The Kier molecular flexibility index (Phi) is 3.63. The van der Waals surface area contributed by atoms with Crippen molar-refractivity contribution < 1.29 is 0 Å². The van der Waals surface area contributed by atoms with E-state index >= 15 is 0 Å². The summed E-state index contributed by atoms with van der Waals surface area (Å²) in [5.74, 6) is 0. The second kappa shape index (κ2) is 3.56. The summed E-state index contributed by atoms with van der Waals surface area (Å²) in [6.07, 6.45) is 2.43. The second-order valence-electron chi connectivity index (χ2n) is 3.50. The molecule has 1 rings (SSSR count). The molecule has 0 aromatic rings. The fourth-order valence-corrected chi connectivity index (χ4v) is 1.53. The first-order chi connectivity index (χ1) is 4.10. The van der Waals surface area contributed by atoms with Crippen LogP contribution in [0.4, 0.5) is 0 Å². The van der Waals surface area contributed by atoms with Crippen LogP contribution in [0.2, 0.25) is 0 Å². The third kappa shape index (κ3) is 2.86. The van der Waals surface area contributed by atoms with Gasteiger partial charge in [0.05, 0.1) is 0 Å². The SMILES string of the molecule is CN1CCCC(C)(N)C1.Cl. The van der Waals surface area contributed by atoms with Crippen LogP contribution in [-0.2, 0) is 0 Å². The highest BCUT2D eigenvalue weighted by molar-refractivity contribution is 5.85. The van der Waals surface area contributed by atoms with Crippen LogP contribution in [0.5, 0.6) is 0 Å². The van der Waals surface area contributed by atoms with E-state index in [2.05, 4.69) is 18.9 Å². The highest BCUT2D eigenvalue weighted by Crippen LogP contribution is 2.15. The summed E-state index contributed by atoms with van der Waals surface area (Å²) in [4.78, 5) is 2.30. The maximum atomic E-state index is 5.93. The monoisotopic (exact) mass is 164 g/mol. The minimum atomic E-state index is 0. The molecule has 0 aromatic heterocycles. The quantitative estimate of drug-likeness (QED) is 0.576. The third-order valence-corrected chi connectivity index (χ3v) is 1.92. The Bertz CT molecular complexity index is 104. The van der Waals surface area contributed by atoms with Crippen molar-refractivity contribution in [3.8, 4) is 0 Å². The number of rotatable bonds is 0. The Labute approximate surface area is 69.2 Å². The van der Waals surface area contributed by atoms with Crippen LogP contribution in [0.3, 0.4) is 0 Å². The average molecular weight is 165 g/mol. The molecule has 1 heterocycles. The molecule has 62 valence electrons. The lowest BCUT2D eigenvalue weighted by Gasteiger charge is -2.35. The van der Waals surface area contributed by atoms with Crippen molar-refractivity contribution in [1.29, 1.82) is 0 Å².